The maximum absolute atomic E-state index is 10.5. The molecule has 2 aromatic rings. The lowest BCUT2D eigenvalue weighted by molar-refractivity contribution is -0.134. The highest BCUT2D eigenvalue weighted by molar-refractivity contribution is 5.70. The van der Waals surface area contributed by atoms with E-state index in [9.17, 15) is 4.79 Å². The van der Waals surface area contributed by atoms with E-state index in [1.54, 1.807) is 6.20 Å². The summed E-state index contributed by atoms with van der Waals surface area (Å²) in [7, 11) is 0. The Hall–Kier alpha value is -2.18. The van der Waals surface area contributed by atoms with Gasteiger partial charge in [0.2, 0.25) is 5.95 Å². The Balaban J connectivity index is 2.28. The highest BCUT2D eigenvalue weighted by atomic mass is 16.5. The molecule has 2 rings (SSSR count). The Morgan fingerprint density at radius 1 is 1.56 bits per heavy atom. The number of anilines is 1. The van der Waals surface area contributed by atoms with Crippen molar-refractivity contribution in [1.82, 2.24) is 19.9 Å². The van der Waals surface area contributed by atoms with Crippen LogP contribution in [0.25, 0.3) is 11.2 Å². The smallest absolute Gasteiger partial charge is 0.293 e. The molecule has 0 aliphatic rings. The van der Waals surface area contributed by atoms with Gasteiger partial charge in [-0.25, -0.2) is 9.97 Å². The first kappa shape index (κ1) is 12.3. The predicted octanol–water partition coefficient (Wildman–Crippen LogP) is 1.34. The van der Waals surface area contributed by atoms with Gasteiger partial charge in [0.25, 0.3) is 6.47 Å². The molecule has 0 spiro atoms. The molecule has 1 unspecified atom stereocenters. The van der Waals surface area contributed by atoms with Crippen LogP contribution in [0.5, 0.6) is 0 Å². The minimum Gasteiger partial charge on any atom is -0.456 e. The summed E-state index contributed by atoms with van der Waals surface area (Å²) in [6, 6.07) is 0. The monoisotopic (exact) mass is 249 g/mol. The summed E-state index contributed by atoms with van der Waals surface area (Å²) in [5.74, 6) is 0.743. The van der Waals surface area contributed by atoms with E-state index in [1.807, 2.05) is 0 Å². The SMILES string of the molecule is CCCCC(OC=O)c1nc2nc(N)ncc2[nH]1. The van der Waals surface area contributed by atoms with E-state index in [0.29, 0.717) is 23.5 Å². The number of aromatic nitrogens is 4. The third-order valence-corrected chi connectivity index (χ3v) is 2.62. The first-order valence-corrected chi connectivity index (χ1v) is 5.81. The lowest BCUT2D eigenvalue weighted by atomic mass is 10.1. The lowest BCUT2D eigenvalue weighted by Gasteiger charge is -2.11. The number of aromatic amines is 1. The van der Waals surface area contributed by atoms with Crippen molar-refractivity contribution in [3.05, 3.63) is 12.0 Å². The third-order valence-electron chi connectivity index (χ3n) is 2.62. The maximum Gasteiger partial charge on any atom is 0.293 e. The summed E-state index contributed by atoms with van der Waals surface area (Å²) in [6.07, 6.45) is 3.87. The summed E-state index contributed by atoms with van der Waals surface area (Å²) in [4.78, 5) is 25.7. The number of imidazole rings is 1. The number of rotatable bonds is 6. The first-order chi connectivity index (χ1) is 8.74. The molecular formula is C11H15N5O2. The number of hydrogen-bond acceptors (Lipinski definition) is 6. The van der Waals surface area contributed by atoms with E-state index in [4.69, 9.17) is 10.5 Å². The van der Waals surface area contributed by atoms with Gasteiger partial charge in [0.15, 0.2) is 17.6 Å². The first-order valence-electron chi connectivity index (χ1n) is 5.81. The Bertz CT molecular complexity index is 539. The number of nitrogens with zero attached hydrogens (tertiary/aromatic N) is 3. The highest BCUT2D eigenvalue weighted by Crippen LogP contribution is 2.22. The molecular weight excluding hydrogens is 234 g/mol. The van der Waals surface area contributed by atoms with Gasteiger partial charge in [0, 0.05) is 0 Å². The number of unbranched alkanes of at least 4 members (excludes halogenated alkanes) is 1. The predicted molar refractivity (Wildman–Crippen MR) is 65.5 cm³/mol. The third kappa shape index (κ3) is 2.55. The van der Waals surface area contributed by atoms with Crippen LogP contribution in [0.2, 0.25) is 0 Å². The number of fused-ring (bicyclic) bond motifs is 1. The van der Waals surface area contributed by atoms with Gasteiger partial charge in [-0.1, -0.05) is 13.3 Å². The van der Waals surface area contributed by atoms with Gasteiger partial charge in [0.05, 0.1) is 6.20 Å². The number of carbonyl (C=O) groups excluding carboxylic acids is 1. The Kier molecular flexibility index (Phi) is 3.71. The second kappa shape index (κ2) is 5.44. The average molecular weight is 249 g/mol. The summed E-state index contributed by atoms with van der Waals surface area (Å²) in [5, 5.41) is 0. The van der Waals surface area contributed by atoms with E-state index in [0.717, 1.165) is 19.3 Å². The molecule has 7 heteroatoms. The van der Waals surface area contributed by atoms with Crippen LogP contribution in [0.15, 0.2) is 6.20 Å². The maximum atomic E-state index is 10.5. The fourth-order valence-electron chi connectivity index (χ4n) is 1.72. The van der Waals surface area contributed by atoms with Crippen LogP contribution >= 0.6 is 0 Å². The minimum absolute atomic E-state index is 0.168. The van der Waals surface area contributed by atoms with Crippen molar-refractivity contribution in [3.63, 3.8) is 0 Å². The van der Waals surface area contributed by atoms with Crippen LogP contribution in [0.4, 0.5) is 5.95 Å². The molecule has 0 aliphatic heterocycles. The molecule has 0 aromatic carbocycles. The van der Waals surface area contributed by atoms with Crippen molar-refractivity contribution in [2.45, 2.75) is 32.3 Å². The fraction of sp³-hybridized carbons (Fsp3) is 0.455. The number of carbonyl (C=O) groups is 1. The zero-order valence-corrected chi connectivity index (χ0v) is 10.1. The summed E-state index contributed by atoms with van der Waals surface area (Å²) in [6.45, 7) is 2.51. The summed E-state index contributed by atoms with van der Waals surface area (Å²) in [5.41, 5.74) is 6.64. The molecule has 0 amide bonds. The Morgan fingerprint density at radius 2 is 2.39 bits per heavy atom. The fourth-order valence-corrected chi connectivity index (χ4v) is 1.72. The lowest BCUT2D eigenvalue weighted by Crippen LogP contribution is -2.05. The Labute approximate surface area is 104 Å². The number of nitrogens with two attached hydrogens (primary N) is 1. The molecule has 7 nitrogen and oxygen atoms in total. The van der Waals surface area contributed by atoms with E-state index in [-0.39, 0.29) is 12.1 Å². The summed E-state index contributed by atoms with van der Waals surface area (Å²) >= 11 is 0. The zero-order valence-electron chi connectivity index (χ0n) is 10.1. The normalized spacial score (nSPS) is 12.5. The van der Waals surface area contributed by atoms with Crippen LogP contribution in [0.1, 0.15) is 38.1 Å². The van der Waals surface area contributed by atoms with E-state index >= 15 is 0 Å². The zero-order chi connectivity index (χ0) is 13.0. The number of ether oxygens (including phenoxy) is 1. The van der Waals surface area contributed by atoms with Gasteiger partial charge >= 0.3 is 0 Å². The van der Waals surface area contributed by atoms with Gasteiger partial charge in [-0.3, -0.25) is 4.79 Å². The molecule has 96 valence electrons. The van der Waals surface area contributed by atoms with Crippen LogP contribution in [-0.2, 0) is 9.53 Å². The number of hydrogen-bond donors (Lipinski definition) is 2. The van der Waals surface area contributed by atoms with Crippen LogP contribution in [-0.4, -0.2) is 26.4 Å². The number of nitrogen functional groups attached to an aromatic ring is 1. The molecule has 0 fully saturated rings. The van der Waals surface area contributed by atoms with Gasteiger partial charge in [-0.15, -0.1) is 0 Å². The standard InChI is InChI=1S/C11H15N5O2/c1-2-3-4-8(18-6-17)10-14-7-5-13-11(12)16-9(7)15-10/h5-6,8H,2-4H2,1H3,(H3,12,13,14,15,16). The van der Waals surface area contributed by atoms with Crippen molar-refractivity contribution < 1.29 is 9.53 Å². The quantitative estimate of drug-likeness (QED) is 0.748. The summed E-state index contributed by atoms with van der Waals surface area (Å²) < 4.78 is 5.04. The molecule has 2 aromatic heterocycles. The van der Waals surface area contributed by atoms with Gasteiger partial charge < -0.3 is 15.5 Å². The van der Waals surface area contributed by atoms with Gasteiger partial charge in [-0.2, -0.15) is 4.98 Å². The minimum atomic E-state index is -0.377. The highest BCUT2D eigenvalue weighted by Gasteiger charge is 2.17. The van der Waals surface area contributed by atoms with Gasteiger partial charge in [0.1, 0.15) is 5.52 Å². The van der Waals surface area contributed by atoms with Crippen LogP contribution < -0.4 is 5.73 Å². The van der Waals surface area contributed by atoms with Crippen molar-refractivity contribution in [1.29, 1.82) is 0 Å². The molecule has 0 radical (unpaired) electrons. The van der Waals surface area contributed by atoms with Crippen molar-refractivity contribution in [3.8, 4) is 0 Å². The van der Waals surface area contributed by atoms with Crippen molar-refractivity contribution >= 4 is 23.6 Å². The van der Waals surface area contributed by atoms with E-state index in [2.05, 4.69) is 26.9 Å². The molecule has 3 N–H and O–H groups in total. The van der Waals surface area contributed by atoms with Crippen LogP contribution in [0.3, 0.4) is 0 Å². The number of H-pyrrole nitrogens is 1. The topological polar surface area (TPSA) is 107 Å². The molecule has 0 saturated heterocycles. The largest absolute Gasteiger partial charge is 0.456 e. The van der Waals surface area contributed by atoms with Crippen molar-refractivity contribution in [2.24, 2.45) is 0 Å². The Morgan fingerprint density at radius 3 is 3.11 bits per heavy atom. The molecule has 0 bridgehead atoms. The van der Waals surface area contributed by atoms with Crippen LogP contribution in [0, 0.1) is 0 Å². The second-order valence-corrected chi connectivity index (χ2v) is 3.95. The molecule has 18 heavy (non-hydrogen) atoms. The molecule has 1 atom stereocenters. The molecule has 0 aliphatic carbocycles. The second-order valence-electron chi connectivity index (χ2n) is 3.95. The van der Waals surface area contributed by atoms with Crippen molar-refractivity contribution in [2.75, 3.05) is 5.73 Å². The molecule has 0 saturated carbocycles. The number of nitrogens with one attached hydrogen (secondary N) is 1. The van der Waals surface area contributed by atoms with E-state index in [1.165, 1.54) is 0 Å². The van der Waals surface area contributed by atoms with Gasteiger partial charge in [-0.05, 0) is 12.8 Å². The molecule has 2 heterocycles. The van der Waals surface area contributed by atoms with E-state index < -0.39 is 0 Å². The average Bonchev–Trinajstić information content (AvgIpc) is 2.77.